The molecule has 182 valence electrons. The zero-order valence-corrected chi connectivity index (χ0v) is 21.1. The van der Waals surface area contributed by atoms with Crippen LogP contribution in [-0.2, 0) is 16.4 Å². The van der Waals surface area contributed by atoms with Crippen LogP contribution in [0.3, 0.4) is 0 Å². The molecule has 0 fully saturated rings. The Labute approximate surface area is 216 Å². The van der Waals surface area contributed by atoms with Gasteiger partial charge in [0.15, 0.2) is 0 Å². The van der Waals surface area contributed by atoms with Crippen molar-refractivity contribution in [1.29, 1.82) is 0 Å². The number of benzene rings is 3. The number of ether oxygens (including phenoxy) is 1. The van der Waals surface area contributed by atoms with E-state index in [1.807, 2.05) is 0 Å². The summed E-state index contributed by atoms with van der Waals surface area (Å²) in [5.41, 5.74) is 1.22. The number of carboxylic acids is 1. The lowest BCUT2D eigenvalue weighted by molar-refractivity contribution is 0.0697. The highest BCUT2D eigenvalue weighted by atomic mass is 35.5. The summed E-state index contributed by atoms with van der Waals surface area (Å²) in [5.74, 6) is -1.41. The van der Waals surface area contributed by atoms with Gasteiger partial charge in [-0.3, -0.25) is 9.10 Å². The molecule has 0 saturated carbocycles. The summed E-state index contributed by atoms with van der Waals surface area (Å²) in [4.78, 5) is 24.1. The molecule has 4 rings (SSSR count). The fourth-order valence-electron chi connectivity index (χ4n) is 3.78. The lowest BCUT2D eigenvalue weighted by Crippen LogP contribution is -2.29. The normalized spacial score (nSPS) is 12.9. The molecular weight excluding hydrogens is 539 g/mol. The molecule has 8 nitrogen and oxygen atoms in total. The van der Waals surface area contributed by atoms with E-state index in [1.165, 1.54) is 59.9 Å². The summed E-state index contributed by atoms with van der Waals surface area (Å²) in [7, 11) is -2.61. The van der Waals surface area contributed by atoms with E-state index in [2.05, 4.69) is 5.32 Å². The van der Waals surface area contributed by atoms with Crippen molar-refractivity contribution in [2.75, 3.05) is 23.3 Å². The third-order valence-electron chi connectivity index (χ3n) is 5.38. The average Bonchev–Trinajstić information content (AvgIpc) is 3.22. The molecule has 0 aromatic heterocycles. The Balaban J connectivity index is 1.71. The molecule has 0 unspecified atom stereocenters. The van der Waals surface area contributed by atoms with Gasteiger partial charge in [0.05, 0.1) is 28.3 Å². The topological polar surface area (TPSA) is 113 Å². The van der Waals surface area contributed by atoms with Gasteiger partial charge in [-0.05, 0) is 55.0 Å². The maximum Gasteiger partial charge on any atom is 0.337 e. The Bertz CT molecular complexity index is 1460. The molecule has 0 radical (unpaired) electrons. The van der Waals surface area contributed by atoms with E-state index in [9.17, 15) is 18.0 Å². The highest BCUT2D eigenvalue weighted by Crippen LogP contribution is 2.40. The van der Waals surface area contributed by atoms with E-state index in [1.54, 1.807) is 0 Å². The van der Waals surface area contributed by atoms with Crippen LogP contribution in [0, 0.1) is 0 Å². The monoisotopic (exact) mass is 554 g/mol. The number of hydrogen-bond donors (Lipinski definition) is 2. The zero-order valence-electron chi connectivity index (χ0n) is 18.0. The Morgan fingerprint density at radius 3 is 2.31 bits per heavy atom. The first-order valence-corrected chi connectivity index (χ1v) is 12.6. The fraction of sp³-hybridized carbons (Fsp3) is 0.130. The highest BCUT2D eigenvalue weighted by Gasteiger charge is 2.34. The molecule has 0 spiro atoms. The van der Waals surface area contributed by atoms with Crippen molar-refractivity contribution in [3.8, 4) is 5.75 Å². The molecule has 0 saturated heterocycles. The molecule has 3 aromatic carbocycles. The first-order chi connectivity index (χ1) is 16.5. The quantitative estimate of drug-likeness (QED) is 0.424. The number of carboxylic acid groups (broad SMARTS) is 1. The second kappa shape index (κ2) is 9.58. The number of carbonyl (C=O) groups excluding carboxylic acids is 1. The standard InChI is InChI=1S/C23H17Cl3N2O6S/c1-34-21-7-12(22(29)27-15-2-3-17(23(30)31)19(26)11-15)6-20-18(21)4-5-28(20)35(32,33)16-9-13(24)8-14(25)10-16/h2-3,6-11H,4-5H2,1H3,(H,27,29)(H,30,31). The molecule has 1 heterocycles. The molecule has 0 atom stereocenters. The van der Waals surface area contributed by atoms with Gasteiger partial charge in [0.1, 0.15) is 5.75 Å². The number of aromatic carboxylic acids is 1. The van der Waals surface area contributed by atoms with Crippen LogP contribution in [0.15, 0.2) is 53.4 Å². The van der Waals surface area contributed by atoms with Crippen molar-refractivity contribution < 1.29 is 27.9 Å². The van der Waals surface area contributed by atoms with E-state index in [0.717, 1.165) is 0 Å². The number of methoxy groups -OCH3 is 1. The minimum Gasteiger partial charge on any atom is -0.496 e. The van der Waals surface area contributed by atoms with Crippen molar-refractivity contribution in [1.82, 2.24) is 0 Å². The van der Waals surface area contributed by atoms with Gasteiger partial charge < -0.3 is 15.2 Å². The van der Waals surface area contributed by atoms with Gasteiger partial charge in [-0.15, -0.1) is 0 Å². The molecule has 35 heavy (non-hydrogen) atoms. The van der Waals surface area contributed by atoms with Crippen LogP contribution in [0.5, 0.6) is 5.75 Å². The number of carbonyl (C=O) groups is 2. The largest absolute Gasteiger partial charge is 0.496 e. The smallest absolute Gasteiger partial charge is 0.337 e. The second-order valence-electron chi connectivity index (χ2n) is 7.56. The number of nitrogens with zero attached hydrogens (tertiary/aromatic N) is 1. The van der Waals surface area contributed by atoms with E-state index in [4.69, 9.17) is 44.6 Å². The van der Waals surface area contributed by atoms with Crippen LogP contribution in [-0.4, -0.2) is 39.1 Å². The van der Waals surface area contributed by atoms with Crippen molar-refractivity contribution >= 4 is 68.1 Å². The third-order valence-corrected chi connectivity index (χ3v) is 7.92. The Hall–Kier alpha value is -2.98. The third kappa shape index (κ3) is 4.90. The molecule has 2 N–H and O–H groups in total. The van der Waals surface area contributed by atoms with E-state index in [0.29, 0.717) is 23.4 Å². The first-order valence-electron chi connectivity index (χ1n) is 10.0. The number of anilines is 2. The SMILES string of the molecule is COc1cc(C(=O)Nc2ccc(C(=O)O)c(Cl)c2)cc2c1CCN2S(=O)(=O)c1cc(Cl)cc(Cl)c1. The summed E-state index contributed by atoms with van der Waals surface area (Å²) in [6, 6.07) is 11.0. The molecule has 12 heteroatoms. The van der Waals surface area contributed by atoms with Gasteiger partial charge in [0.25, 0.3) is 15.9 Å². The molecule has 3 aromatic rings. The molecule has 1 amide bonds. The summed E-state index contributed by atoms with van der Waals surface area (Å²) >= 11 is 18.0. The zero-order chi connectivity index (χ0) is 25.5. The average molecular weight is 556 g/mol. The fourth-order valence-corrected chi connectivity index (χ4v) is 6.25. The molecular formula is C23H17Cl3N2O6S. The summed E-state index contributed by atoms with van der Waals surface area (Å²) in [6.07, 6.45) is 0.375. The van der Waals surface area contributed by atoms with Crippen molar-refractivity contribution in [2.45, 2.75) is 11.3 Å². The molecule has 1 aliphatic rings. The number of hydrogen-bond acceptors (Lipinski definition) is 5. The summed E-state index contributed by atoms with van der Waals surface area (Å²) in [5, 5.41) is 12.1. The summed E-state index contributed by atoms with van der Waals surface area (Å²) < 4.78 is 33.4. The van der Waals surface area contributed by atoms with Crippen LogP contribution < -0.4 is 14.4 Å². The predicted molar refractivity (Wildman–Crippen MR) is 134 cm³/mol. The molecule has 0 bridgehead atoms. The van der Waals surface area contributed by atoms with Gasteiger partial charge in [-0.1, -0.05) is 34.8 Å². The van der Waals surface area contributed by atoms with E-state index < -0.39 is 21.9 Å². The van der Waals surface area contributed by atoms with E-state index in [-0.39, 0.29) is 43.3 Å². The second-order valence-corrected chi connectivity index (χ2v) is 10.7. The van der Waals surface area contributed by atoms with Crippen LogP contribution >= 0.6 is 34.8 Å². The molecule has 0 aliphatic carbocycles. The van der Waals surface area contributed by atoms with Crippen LogP contribution in [0.4, 0.5) is 11.4 Å². The number of halogens is 3. The lowest BCUT2D eigenvalue weighted by Gasteiger charge is -2.21. The predicted octanol–water partition coefficient (Wildman–Crippen LogP) is 5.36. The maximum absolute atomic E-state index is 13.4. The van der Waals surface area contributed by atoms with Gasteiger partial charge >= 0.3 is 5.97 Å². The Morgan fingerprint density at radius 1 is 1.03 bits per heavy atom. The van der Waals surface area contributed by atoms with Crippen molar-refractivity contribution in [3.63, 3.8) is 0 Å². The minimum absolute atomic E-state index is 0.0423. The maximum atomic E-state index is 13.4. The number of sulfonamides is 1. The van der Waals surface area contributed by atoms with Crippen LogP contribution in [0.2, 0.25) is 15.1 Å². The van der Waals surface area contributed by atoms with Crippen molar-refractivity contribution in [2.24, 2.45) is 0 Å². The van der Waals surface area contributed by atoms with E-state index >= 15 is 0 Å². The Kier molecular flexibility index (Phi) is 6.88. The lowest BCUT2D eigenvalue weighted by atomic mass is 10.1. The number of amides is 1. The van der Waals surface area contributed by atoms with Crippen LogP contribution in [0.1, 0.15) is 26.3 Å². The number of fused-ring (bicyclic) bond motifs is 1. The van der Waals surface area contributed by atoms with Gasteiger partial charge in [-0.25, -0.2) is 13.2 Å². The first kappa shape index (κ1) is 25.1. The number of nitrogens with one attached hydrogen (secondary N) is 1. The summed E-state index contributed by atoms with van der Waals surface area (Å²) in [6.45, 7) is 0.134. The van der Waals surface area contributed by atoms with Crippen molar-refractivity contribution in [3.05, 3.63) is 80.3 Å². The highest BCUT2D eigenvalue weighted by molar-refractivity contribution is 7.92. The van der Waals surface area contributed by atoms with Crippen LogP contribution in [0.25, 0.3) is 0 Å². The molecule has 1 aliphatic heterocycles. The Morgan fingerprint density at radius 2 is 1.71 bits per heavy atom. The van der Waals surface area contributed by atoms with Gasteiger partial charge in [0, 0.05) is 33.4 Å². The minimum atomic E-state index is -4.04. The number of rotatable bonds is 6. The van der Waals surface area contributed by atoms with Gasteiger partial charge in [-0.2, -0.15) is 0 Å². The van der Waals surface area contributed by atoms with Gasteiger partial charge in [0.2, 0.25) is 0 Å².